The van der Waals surface area contributed by atoms with Crippen molar-refractivity contribution >= 4 is 21.8 Å². The molecule has 0 amide bonds. The van der Waals surface area contributed by atoms with Gasteiger partial charge >= 0.3 is 0 Å². The van der Waals surface area contributed by atoms with Crippen LogP contribution < -0.4 is 0 Å². The van der Waals surface area contributed by atoms with E-state index in [9.17, 15) is 0 Å². The normalized spacial score (nSPS) is 10.1. The Kier molecular flexibility index (Phi) is 3.19. The summed E-state index contributed by atoms with van der Waals surface area (Å²) in [5.41, 5.74) is 1.95. The summed E-state index contributed by atoms with van der Waals surface area (Å²) in [6, 6.07) is 12.1. The molecule has 0 aliphatic rings. The first-order valence-electron chi connectivity index (χ1n) is 4.53. The van der Waals surface area contributed by atoms with Gasteiger partial charge in [0.1, 0.15) is 0 Å². The number of nitrogens with zero attached hydrogens (tertiary/aromatic N) is 2. The van der Waals surface area contributed by atoms with Gasteiger partial charge in [-0.05, 0) is 12.1 Å². The zero-order valence-electron chi connectivity index (χ0n) is 7.81. The Hall–Kier alpha value is -0.700. The molecule has 0 saturated heterocycles. The molecule has 0 bridgehead atoms. The maximum absolute atomic E-state index is 4.35. The van der Waals surface area contributed by atoms with Crippen LogP contribution in [0.25, 0.3) is 21.8 Å². The van der Waals surface area contributed by atoms with Crippen molar-refractivity contribution < 1.29 is 37.7 Å². The van der Waals surface area contributed by atoms with Gasteiger partial charge in [0.15, 0.2) is 0 Å². The molecule has 77 valence electrons. The number of hydrogen-bond acceptors (Lipinski definition) is 2. The molecule has 1 aromatic carbocycles. The zero-order chi connectivity index (χ0) is 9.38. The second kappa shape index (κ2) is 4.43. The van der Waals surface area contributed by atoms with Crippen LogP contribution in [0, 0.1) is 37.7 Å². The van der Waals surface area contributed by atoms with E-state index in [0.29, 0.717) is 0 Å². The SMILES string of the molecule is [Ho].c1cnc2c(c1)ccc1cccnc12. The van der Waals surface area contributed by atoms with Gasteiger partial charge in [-0.2, -0.15) is 0 Å². The quantitative estimate of drug-likeness (QED) is 0.463. The summed E-state index contributed by atoms with van der Waals surface area (Å²) in [5, 5.41) is 2.28. The third-order valence-corrected chi connectivity index (χ3v) is 2.34. The molecule has 2 nitrogen and oxygen atoms in total. The number of hydrogen-bond donors (Lipinski definition) is 0. The molecule has 0 atom stereocenters. The van der Waals surface area contributed by atoms with Gasteiger partial charge in [0.2, 0.25) is 0 Å². The van der Waals surface area contributed by atoms with Crippen LogP contribution in [0.5, 0.6) is 0 Å². The number of rotatable bonds is 0. The summed E-state index contributed by atoms with van der Waals surface area (Å²) >= 11 is 0. The van der Waals surface area contributed by atoms with Crippen molar-refractivity contribution in [2.24, 2.45) is 0 Å². The topological polar surface area (TPSA) is 25.8 Å². The van der Waals surface area contributed by atoms with Crippen LogP contribution >= 0.6 is 0 Å². The Morgan fingerprint density at radius 2 is 1.13 bits per heavy atom. The van der Waals surface area contributed by atoms with E-state index in [1.165, 1.54) is 0 Å². The average Bonchev–Trinajstić information content (AvgIpc) is 2.29. The van der Waals surface area contributed by atoms with E-state index in [1.54, 1.807) is 12.4 Å². The maximum atomic E-state index is 4.35. The van der Waals surface area contributed by atoms with Gasteiger partial charge in [-0.15, -0.1) is 0 Å². The number of benzene rings is 1. The molecule has 1 radical (unpaired) electrons. The van der Waals surface area contributed by atoms with Gasteiger partial charge < -0.3 is 0 Å². The fraction of sp³-hybridized carbons (Fsp3) is 0. The molecule has 0 aliphatic heterocycles. The first kappa shape index (κ1) is 10.8. The Balaban J connectivity index is 0.000000853. The fourth-order valence-corrected chi connectivity index (χ4v) is 1.68. The van der Waals surface area contributed by atoms with Crippen LogP contribution in [0.2, 0.25) is 0 Å². The van der Waals surface area contributed by atoms with Gasteiger partial charge in [-0.3, -0.25) is 9.97 Å². The van der Waals surface area contributed by atoms with Crippen molar-refractivity contribution in [1.29, 1.82) is 0 Å². The first-order chi connectivity index (χ1) is 6.95. The van der Waals surface area contributed by atoms with Crippen LogP contribution in [-0.2, 0) is 0 Å². The molecular weight excluding hydrogens is 337 g/mol. The predicted molar refractivity (Wildman–Crippen MR) is 57.0 cm³/mol. The molecule has 3 heteroatoms. The zero-order valence-corrected chi connectivity index (χ0v) is 9.75. The number of aromatic nitrogens is 2. The Morgan fingerprint density at radius 3 is 1.60 bits per heavy atom. The van der Waals surface area contributed by atoms with E-state index in [0.717, 1.165) is 21.8 Å². The first-order valence-corrected chi connectivity index (χ1v) is 4.53. The van der Waals surface area contributed by atoms with Gasteiger partial charge in [-0.25, -0.2) is 0 Å². The van der Waals surface area contributed by atoms with Crippen LogP contribution in [0.15, 0.2) is 48.8 Å². The minimum Gasteiger partial charge on any atom is -0.254 e. The van der Waals surface area contributed by atoms with E-state index in [-0.39, 0.29) is 37.7 Å². The summed E-state index contributed by atoms with van der Waals surface area (Å²) in [7, 11) is 0. The number of pyridine rings is 2. The summed E-state index contributed by atoms with van der Waals surface area (Å²) in [5.74, 6) is 0. The minimum atomic E-state index is 0. The third-order valence-electron chi connectivity index (χ3n) is 2.34. The molecular formula is C12H8HoN2. The molecule has 0 aliphatic carbocycles. The summed E-state index contributed by atoms with van der Waals surface area (Å²) in [4.78, 5) is 8.69. The maximum Gasteiger partial charge on any atom is 0.0964 e. The van der Waals surface area contributed by atoms with Crippen LogP contribution in [-0.4, -0.2) is 9.97 Å². The van der Waals surface area contributed by atoms with Crippen molar-refractivity contribution in [3.8, 4) is 0 Å². The number of fused-ring (bicyclic) bond motifs is 3. The summed E-state index contributed by atoms with van der Waals surface area (Å²) in [6.45, 7) is 0. The van der Waals surface area contributed by atoms with Crippen molar-refractivity contribution in [3.63, 3.8) is 0 Å². The van der Waals surface area contributed by atoms with Crippen molar-refractivity contribution in [3.05, 3.63) is 48.8 Å². The van der Waals surface area contributed by atoms with Crippen molar-refractivity contribution in [1.82, 2.24) is 9.97 Å². The average molecular weight is 345 g/mol. The van der Waals surface area contributed by atoms with Gasteiger partial charge in [0.25, 0.3) is 0 Å². The molecule has 3 aromatic rings. The smallest absolute Gasteiger partial charge is 0.0964 e. The van der Waals surface area contributed by atoms with Crippen molar-refractivity contribution in [2.75, 3.05) is 0 Å². The predicted octanol–water partition coefficient (Wildman–Crippen LogP) is 2.78. The van der Waals surface area contributed by atoms with Crippen LogP contribution in [0.3, 0.4) is 0 Å². The Morgan fingerprint density at radius 1 is 0.667 bits per heavy atom. The molecule has 15 heavy (non-hydrogen) atoms. The van der Waals surface area contributed by atoms with E-state index in [2.05, 4.69) is 34.2 Å². The summed E-state index contributed by atoms with van der Waals surface area (Å²) in [6.07, 6.45) is 3.60. The largest absolute Gasteiger partial charge is 0.254 e. The monoisotopic (exact) mass is 345 g/mol. The molecule has 0 unspecified atom stereocenters. The molecule has 3 rings (SSSR count). The molecule has 0 N–H and O–H groups in total. The van der Waals surface area contributed by atoms with E-state index in [1.807, 2.05) is 12.1 Å². The Labute approximate surface area is 117 Å². The van der Waals surface area contributed by atoms with E-state index in [4.69, 9.17) is 0 Å². The van der Waals surface area contributed by atoms with Crippen LogP contribution in [0.4, 0.5) is 0 Å². The van der Waals surface area contributed by atoms with Gasteiger partial charge in [0.05, 0.1) is 11.0 Å². The standard InChI is InChI=1S/C12H8N2.Ho/c1-3-9-5-6-10-4-2-8-14-12(10)11(9)13-7-1;/h1-8H;. The molecule has 2 aromatic heterocycles. The summed E-state index contributed by atoms with van der Waals surface area (Å²) < 4.78 is 0. The fourth-order valence-electron chi connectivity index (χ4n) is 1.68. The van der Waals surface area contributed by atoms with E-state index >= 15 is 0 Å². The minimum absolute atomic E-state index is 0. The second-order valence-electron chi connectivity index (χ2n) is 3.22. The third kappa shape index (κ3) is 1.85. The molecule has 0 fully saturated rings. The van der Waals surface area contributed by atoms with Gasteiger partial charge in [0, 0.05) is 60.9 Å². The van der Waals surface area contributed by atoms with Gasteiger partial charge in [-0.1, -0.05) is 24.3 Å². The second-order valence-corrected chi connectivity index (χ2v) is 3.22. The van der Waals surface area contributed by atoms with Crippen molar-refractivity contribution in [2.45, 2.75) is 0 Å². The van der Waals surface area contributed by atoms with E-state index < -0.39 is 0 Å². The molecule has 0 saturated carbocycles. The molecule has 0 spiro atoms. The molecule has 2 heterocycles. The van der Waals surface area contributed by atoms with Crippen LogP contribution in [0.1, 0.15) is 0 Å². The Bertz CT molecular complexity index is 553.